The van der Waals surface area contributed by atoms with Gasteiger partial charge in [-0.3, -0.25) is 0 Å². The van der Waals surface area contributed by atoms with Crippen LogP contribution in [0.3, 0.4) is 0 Å². The van der Waals surface area contributed by atoms with Crippen LogP contribution in [0.4, 0.5) is 0 Å². The van der Waals surface area contributed by atoms with Gasteiger partial charge in [-0.15, -0.1) is 0 Å². The lowest BCUT2D eigenvalue weighted by Gasteiger charge is -2.66. The van der Waals surface area contributed by atoms with Crippen LogP contribution in [0.5, 0.6) is 0 Å². The van der Waals surface area contributed by atoms with Gasteiger partial charge >= 0.3 is 5.97 Å². The highest BCUT2D eigenvalue weighted by molar-refractivity contribution is 5.85. The molecule has 38 heavy (non-hydrogen) atoms. The van der Waals surface area contributed by atoms with Crippen LogP contribution in [0.2, 0.25) is 0 Å². The number of cyclic esters (lactones) is 1. The minimum Gasteiger partial charge on any atom is -0.458 e. The molecule has 4 aliphatic carbocycles. The molecule has 8 nitrogen and oxygen atoms in total. The summed E-state index contributed by atoms with van der Waals surface area (Å²) in [5.74, 6) is 0.293. The van der Waals surface area contributed by atoms with Crippen LogP contribution in [0, 0.1) is 28.6 Å². The van der Waals surface area contributed by atoms with Crippen molar-refractivity contribution in [2.75, 3.05) is 13.7 Å². The maximum atomic E-state index is 12.4. The molecule has 0 aromatic rings. The lowest BCUT2D eigenvalue weighted by Crippen LogP contribution is -2.67. The Labute approximate surface area is 226 Å². The molecule has 0 amide bonds. The molecule has 0 bridgehead atoms. The minimum atomic E-state index is -0.853. The Morgan fingerprint density at radius 1 is 1.00 bits per heavy atom. The quantitative estimate of drug-likeness (QED) is 0.372. The van der Waals surface area contributed by atoms with E-state index in [1.54, 1.807) is 13.2 Å². The van der Waals surface area contributed by atoms with Crippen LogP contribution >= 0.6 is 0 Å². The van der Waals surface area contributed by atoms with E-state index in [9.17, 15) is 20.1 Å². The summed E-state index contributed by atoms with van der Waals surface area (Å²) in [5, 5.41) is 34.9. The number of carbonyl (C=O) groups is 1. The third-order valence-electron chi connectivity index (χ3n) is 12.4. The van der Waals surface area contributed by atoms with Crippen molar-refractivity contribution in [3.8, 4) is 0 Å². The molecule has 0 aromatic carbocycles. The van der Waals surface area contributed by atoms with Crippen LogP contribution < -0.4 is 0 Å². The molecular formula is C30H46O8. The topological polar surface area (TPSA) is 115 Å². The molecule has 0 radical (unpaired) electrons. The van der Waals surface area contributed by atoms with Gasteiger partial charge in [-0.25, -0.2) is 4.79 Å². The molecule has 12 atom stereocenters. The normalized spacial score (nSPS) is 54.5. The molecule has 5 fully saturated rings. The molecule has 8 heteroatoms. The Hall–Kier alpha value is -1.03. The standard InChI is InChI=1S/C30H46O8/c1-17-26(32)23(35-4)14-25(37-17)38-19-5-9-27(2)21-6-10-28(3)20(18-13-24(31)36-16-18)8-12-30(28,34)22(21)7-11-29(27,33)15-19/h13,17,19-23,25-26,32-34H,5-12,14-16H2,1-4H3/t17?,19?,20?,21-,22-,23?,25?,26?,27-,28-,29+,30+/m1/s1. The SMILES string of the molecule is COC1CC(OC2CC[C@]3(C)[C@@H]4CC[C@]5(C)C(C6=CC(=O)OC6)CC[C@]5(O)[C@@H]4CC[C@]3(O)C2)OC(C)C1O. The van der Waals surface area contributed by atoms with Crippen molar-refractivity contribution in [1.29, 1.82) is 0 Å². The number of ether oxygens (including phenoxy) is 4. The molecule has 4 saturated carbocycles. The summed E-state index contributed by atoms with van der Waals surface area (Å²) in [6.45, 7) is 6.67. The van der Waals surface area contributed by atoms with Gasteiger partial charge < -0.3 is 34.3 Å². The smallest absolute Gasteiger partial charge is 0.331 e. The maximum absolute atomic E-state index is 12.4. The van der Waals surface area contributed by atoms with Gasteiger partial charge in [-0.1, -0.05) is 13.8 Å². The first-order valence-corrected chi connectivity index (χ1v) is 14.8. The Kier molecular flexibility index (Phi) is 6.61. The van der Waals surface area contributed by atoms with Gasteiger partial charge in [0.25, 0.3) is 0 Å². The second kappa shape index (κ2) is 9.25. The second-order valence-electron chi connectivity index (χ2n) is 13.8. The predicted molar refractivity (Wildman–Crippen MR) is 138 cm³/mol. The minimum absolute atomic E-state index is 0.116. The first-order valence-electron chi connectivity index (χ1n) is 14.8. The number of rotatable bonds is 4. The number of methoxy groups -OCH3 is 1. The fourth-order valence-electron chi connectivity index (χ4n) is 10.0. The van der Waals surface area contributed by atoms with Crippen LogP contribution in [0.15, 0.2) is 11.6 Å². The zero-order valence-electron chi connectivity index (χ0n) is 23.4. The van der Waals surface area contributed by atoms with Crippen LogP contribution in [0.25, 0.3) is 0 Å². The van der Waals surface area contributed by atoms with Crippen molar-refractivity contribution in [2.45, 2.75) is 127 Å². The fraction of sp³-hybridized carbons (Fsp3) is 0.900. The van der Waals surface area contributed by atoms with Crippen molar-refractivity contribution < 1.29 is 39.1 Å². The first-order chi connectivity index (χ1) is 17.9. The van der Waals surface area contributed by atoms with Crippen molar-refractivity contribution >= 4 is 5.97 Å². The fourth-order valence-corrected chi connectivity index (χ4v) is 10.0. The Balaban J connectivity index is 1.18. The molecule has 0 spiro atoms. The predicted octanol–water partition coefficient (Wildman–Crippen LogP) is 3.25. The molecule has 2 heterocycles. The third kappa shape index (κ3) is 3.81. The van der Waals surface area contributed by atoms with Gasteiger partial charge in [-0.05, 0) is 87.0 Å². The van der Waals surface area contributed by atoms with E-state index < -0.39 is 23.6 Å². The van der Waals surface area contributed by atoms with Crippen molar-refractivity contribution in [2.24, 2.45) is 28.6 Å². The van der Waals surface area contributed by atoms with Gasteiger partial charge in [-0.2, -0.15) is 0 Å². The second-order valence-corrected chi connectivity index (χ2v) is 13.8. The van der Waals surface area contributed by atoms with Crippen LogP contribution in [-0.4, -0.2) is 76.9 Å². The van der Waals surface area contributed by atoms with E-state index in [0.717, 1.165) is 50.5 Å². The third-order valence-corrected chi connectivity index (χ3v) is 12.4. The summed E-state index contributed by atoms with van der Waals surface area (Å²) in [4.78, 5) is 11.8. The molecule has 6 unspecified atom stereocenters. The zero-order valence-corrected chi connectivity index (χ0v) is 23.4. The average Bonchev–Trinajstić information content (AvgIpc) is 3.41. The van der Waals surface area contributed by atoms with Crippen molar-refractivity contribution in [3.63, 3.8) is 0 Å². The first kappa shape index (κ1) is 27.2. The highest BCUT2D eigenvalue weighted by Gasteiger charge is 2.70. The number of hydrogen-bond acceptors (Lipinski definition) is 8. The van der Waals surface area contributed by atoms with E-state index in [1.807, 2.05) is 6.92 Å². The molecule has 0 aromatic heterocycles. The highest BCUT2D eigenvalue weighted by atomic mass is 16.7. The van der Waals surface area contributed by atoms with E-state index in [0.29, 0.717) is 25.9 Å². The summed E-state index contributed by atoms with van der Waals surface area (Å²) < 4.78 is 23.0. The van der Waals surface area contributed by atoms with Gasteiger partial charge in [0.05, 0.1) is 29.5 Å². The number of fused-ring (bicyclic) bond motifs is 5. The summed E-state index contributed by atoms with van der Waals surface area (Å²) in [6, 6.07) is 0. The van der Waals surface area contributed by atoms with E-state index in [1.165, 1.54) is 0 Å². The highest BCUT2D eigenvalue weighted by Crippen LogP contribution is 2.70. The van der Waals surface area contributed by atoms with Gasteiger partial charge in [0, 0.05) is 31.4 Å². The van der Waals surface area contributed by atoms with Crippen molar-refractivity contribution in [1.82, 2.24) is 0 Å². The van der Waals surface area contributed by atoms with Crippen molar-refractivity contribution in [3.05, 3.63) is 11.6 Å². The number of hydrogen-bond donors (Lipinski definition) is 3. The van der Waals surface area contributed by atoms with E-state index in [-0.39, 0.29) is 52.9 Å². The average molecular weight is 535 g/mol. The Morgan fingerprint density at radius 2 is 1.74 bits per heavy atom. The number of aliphatic hydroxyl groups excluding tert-OH is 1. The number of esters is 1. The van der Waals surface area contributed by atoms with Gasteiger partial charge in [0.2, 0.25) is 0 Å². The molecule has 6 aliphatic rings. The molecule has 6 rings (SSSR count). The van der Waals surface area contributed by atoms with E-state index in [2.05, 4.69) is 13.8 Å². The summed E-state index contributed by atoms with van der Waals surface area (Å²) in [5.41, 5.74) is -1.17. The number of aliphatic hydroxyl groups is 3. The monoisotopic (exact) mass is 534 g/mol. The van der Waals surface area contributed by atoms with Crippen LogP contribution in [-0.2, 0) is 23.7 Å². The van der Waals surface area contributed by atoms with E-state index in [4.69, 9.17) is 18.9 Å². The summed E-state index contributed by atoms with van der Waals surface area (Å²) in [7, 11) is 1.60. The lowest BCUT2D eigenvalue weighted by molar-refractivity contribution is -0.291. The van der Waals surface area contributed by atoms with E-state index >= 15 is 0 Å². The van der Waals surface area contributed by atoms with Gasteiger partial charge in [0.1, 0.15) is 12.7 Å². The summed E-state index contributed by atoms with van der Waals surface area (Å²) >= 11 is 0. The maximum Gasteiger partial charge on any atom is 0.331 e. The molecule has 3 N–H and O–H groups in total. The number of carbonyl (C=O) groups excluding carboxylic acids is 1. The lowest BCUT2D eigenvalue weighted by atomic mass is 9.42. The molecular weight excluding hydrogens is 488 g/mol. The van der Waals surface area contributed by atoms with Crippen LogP contribution in [0.1, 0.15) is 85.0 Å². The Morgan fingerprint density at radius 3 is 2.45 bits per heavy atom. The largest absolute Gasteiger partial charge is 0.458 e. The summed E-state index contributed by atoms with van der Waals surface area (Å²) in [6.07, 6.45) is 7.36. The molecule has 214 valence electrons. The Bertz CT molecular complexity index is 983. The van der Waals surface area contributed by atoms with Gasteiger partial charge in [0.15, 0.2) is 6.29 Å². The molecule has 1 saturated heterocycles. The molecule has 2 aliphatic heterocycles. The zero-order chi connectivity index (χ0) is 27.1.